The molecule has 33 heavy (non-hydrogen) atoms. The van der Waals surface area contributed by atoms with E-state index >= 15 is 0 Å². The topological polar surface area (TPSA) is 78.7 Å². The molecule has 0 atom stereocenters. The van der Waals surface area contributed by atoms with Gasteiger partial charge in [0.15, 0.2) is 0 Å². The SMILES string of the molecule is CC(=O)N1CCN(c2ccc(Nc3ncc(Cl)c(-c4cnc5ccccn45)n3)c(C)c2)CC1. The summed E-state index contributed by atoms with van der Waals surface area (Å²) in [6, 6.07) is 12.1. The number of nitrogens with one attached hydrogen (secondary N) is 1. The van der Waals surface area contributed by atoms with Crippen molar-refractivity contribution in [2.45, 2.75) is 13.8 Å². The monoisotopic (exact) mass is 461 g/mol. The molecule has 0 saturated carbocycles. The van der Waals surface area contributed by atoms with Gasteiger partial charge in [0.1, 0.15) is 11.3 Å². The van der Waals surface area contributed by atoms with Crippen molar-refractivity contribution in [3.63, 3.8) is 0 Å². The second kappa shape index (κ2) is 8.71. The third-order valence-electron chi connectivity index (χ3n) is 5.95. The molecule has 0 aliphatic carbocycles. The van der Waals surface area contributed by atoms with E-state index in [0.717, 1.165) is 54.5 Å². The summed E-state index contributed by atoms with van der Waals surface area (Å²) >= 11 is 6.43. The number of benzene rings is 1. The van der Waals surface area contributed by atoms with Crippen LogP contribution >= 0.6 is 11.6 Å². The average molecular weight is 462 g/mol. The van der Waals surface area contributed by atoms with Crippen molar-refractivity contribution in [1.82, 2.24) is 24.3 Å². The Balaban J connectivity index is 1.37. The number of imidazole rings is 1. The van der Waals surface area contributed by atoms with Crippen molar-refractivity contribution in [3.05, 3.63) is 65.6 Å². The maximum atomic E-state index is 11.6. The van der Waals surface area contributed by atoms with Crippen molar-refractivity contribution >= 4 is 40.5 Å². The molecule has 168 valence electrons. The number of pyridine rings is 1. The standard InChI is InChI=1S/C24H24ClN7O/c1-16-13-18(31-11-9-30(10-12-31)17(2)33)6-7-20(16)28-24-27-14-19(25)23(29-24)21-15-26-22-5-3-4-8-32(21)22/h3-8,13-15H,9-12H2,1-2H3,(H,27,28,29). The third-order valence-corrected chi connectivity index (χ3v) is 6.23. The van der Waals surface area contributed by atoms with Crippen LogP contribution in [0, 0.1) is 6.92 Å². The van der Waals surface area contributed by atoms with Crippen LogP contribution in [0.15, 0.2) is 55.0 Å². The van der Waals surface area contributed by atoms with Gasteiger partial charge >= 0.3 is 0 Å². The zero-order chi connectivity index (χ0) is 22.9. The highest BCUT2D eigenvalue weighted by molar-refractivity contribution is 6.32. The van der Waals surface area contributed by atoms with Crippen LogP contribution < -0.4 is 10.2 Å². The Hall–Kier alpha value is -3.65. The second-order valence-corrected chi connectivity index (χ2v) is 8.49. The third kappa shape index (κ3) is 4.21. The molecule has 3 aromatic heterocycles. The van der Waals surface area contributed by atoms with Gasteiger partial charge in [-0.25, -0.2) is 15.0 Å². The lowest BCUT2D eigenvalue weighted by atomic mass is 10.1. The van der Waals surface area contributed by atoms with Gasteiger partial charge < -0.3 is 15.1 Å². The number of amides is 1. The number of carbonyl (C=O) groups excluding carboxylic acids is 1. The largest absolute Gasteiger partial charge is 0.368 e. The number of nitrogens with zero attached hydrogens (tertiary/aromatic N) is 6. The van der Waals surface area contributed by atoms with E-state index in [0.29, 0.717) is 16.7 Å². The number of hydrogen-bond donors (Lipinski definition) is 1. The molecule has 1 saturated heterocycles. The summed E-state index contributed by atoms with van der Waals surface area (Å²) in [6.07, 6.45) is 5.30. The molecular formula is C24H24ClN7O. The van der Waals surface area contributed by atoms with Gasteiger partial charge in [-0.05, 0) is 42.8 Å². The Labute approximate surface area is 196 Å². The van der Waals surface area contributed by atoms with E-state index in [1.165, 1.54) is 0 Å². The molecule has 0 spiro atoms. The lowest BCUT2D eigenvalue weighted by Gasteiger charge is -2.35. The molecule has 0 unspecified atom stereocenters. The fraction of sp³-hybridized carbons (Fsp3) is 0.250. The Morgan fingerprint density at radius 2 is 1.88 bits per heavy atom. The van der Waals surface area contributed by atoms with Gasteiger partial charge in [-0.1, -0.05) is 17.7 Å². The van der Waals surface area contributed by atoms with Crippen LogP contribution in [0.2, 0.25) is 5.02 Å². The van der Waals surface area contributed by atoms with Crippen LogP contribution in [0.25, 0.3) is 17.0 Å². The second-order valence-electron chi connectivity index (χ2n) is 8.08. The molecule has 5 rings (SSSR count). The quantitative estimate of drug-likeness (QED) is 0.491. The number of piperazine rings is 1. The van der Waals surface area contributed by atoms with E-state index in [1.54, 1.807) is 19.3 Å². The molecule has 0 bridgehead atoms. The Kier molecular flexibility index (Phi) is 5.60. The molecule has 0 radical (unpaired) electrons. The minimum Gasteiger partial charge on any atom is -0.368 e. The Morgan fingerprint density at radius 1 is 1.06 bits per heavy atom. The number of aromatic nitrogens is 4. The molecular weight excluding hydrogens is 438 g/mol. The number of halogens is 1. The van der Waals surface area contributed by atoms with Crippen LogP contribution in [-0.2, 0) is 4.79 Å². The molecule has 1 aliphatic heterocycles. The van der Waals surface area contributed by atoms with Gasteiger partial charge in [-0.15, -0.1) is 0 Å². The summed E-state index contributed by atoms with van der Waals surface area (Å²) in [5, 5.41) is 3.78. The van der Waals surface area contributed by atoms with Crippen LogP contribution in [-0.4, -0.2) is 56.3 Å². The fourth-order valence-electron chi connectivity index (χ4n) is 4.10. The summed E-state index contributed by atoms with van der Waals surface area (Å²) in [4.78, 5) is 29.2. The molecule has 4 aromatic rings. The van der Waals surface area contributed by atoms with E-state index in [-0.39, 0.29) is 5.91 Å². The highest BCUT2D eigenvalue weighted by Gasteiger charge is 2.19. The summed E-state index contributed by atoms with van der Waals surface area (Å²) in [6.45, 7) is 6.83. The first-order valence-electron chi connectivity index (χ1n) is 10.8. The lowest BCUT2D eigenvalue weighted by molar-refractivity contribution is -0.129. The lowest BCUT2D eigenvalue weighted by Crippen LogP contribution is -2.48. The van der Waals surface area contributed by atoms with Crippen LogP contribution in [0.5, 0.6) is 0 Å². The number of rotatable bonds is 4. The van der Waals surface area contributed by atoms with Crippen molar-refractivity contribution in [2.24, 2.45) is 0 Å². The van der Waals surface area contributed by atoms with Gasteiger partial charge in [0, 0.05) is 50.7 Å². The molecule has 1 aliphatic rings. The first kappa shape index (κ1) is 21.2. The van der Waals surface area contributed by atoms with E-state index in [4.69, 9.17) is 11.6 Å². The summed E-state index contributed by atoms with van der Waals surface area (Å²) in [5.41, 5.74) is 5.39. The molecule has 8 nitrogen and oxygen atoms in total. The van der Waals surface area contributed by atoms with Crippen molar-refractivity contribution in [1.29, 1.82) is 0 Å². The number of hydrogen-bond acceptors (Lipinski definition) is 6. The van der Waals surface area contributed by atoms with Crippen LogP contribution in [0.3, 0.4) is 0 Å². The molecule has 9 heteroatoms. The van der Waals surface area contributed by atoms with Gasteiger partial charge in [-0.2, -0.15) is 0 Å². The van der Waals surface area contributed by atoms with E-state index in [9.17, 15) is 4.79 Å². The summed E-state index contributed by atoms with van der Waals surface area (Å²) in [5.74, 6) is 0.600. The zero-order valence-electron chi connectivity index (χ0n) is 18.5. The normalized spacial score (nSPS) is 14.0. The van der Waals surface area contributed by atoms with Gasteiger partial charge in [0.2, 0.25) is 11.9 Å². The van der Waals surface area contributed by atoms with Gasteiger partial charge in [-0.3, -0.25) is 9.20 Å². The van der Waals surface area contributed by atoms with Crippen molar-refractivity contribution < 1.29 is 4.79 Å². The van der Waals surface area contributed by atoms with E-state index in [2.05, 4.69) is 44.2 Å². The molecule has 1 N–H and O–H groups in total. The molecule has 1 amide bonds. The smallest absolute Gasteiger partial charge is 0.227 e. The van der Waals surface area contributed by atoms with E-state index in [1.807, 2.05) is 39.8 Å². The maximum absolute atomic E-state index is 11.6. The van der Waals surface area contributed by atoms with Gasteiger partial charge in [0.25, 0.3) is 0 Å². The predicted molar refractivity (Wildman–Crippen MR) is 130 cm³/mol. The van der Waals surface area contributed by atoms with Crippen molar-refractivity contribution in [3.8, 4) is 11.4 Å². The van der Waals surface area contributed by atoms with E-state index < -0.39 is 0 Å². The highest BCUT2D eigenvalue weighted by Crippen LogP contribution is 2.29. The predicted octanol–water partition coefficient (Wildman–Crippen LogP) is 4.17. The van der Waals surface area contributed by atoms with Crippen molar-refractivity contribution in [2.75, 3.05) is 36.4 Å². The zero-order valence-corrected chi connectivity index (χ0v) is 19.3. The van der Waals surface area contributed by atoms with Gasteiger partial charge in [0.05, 0.1) is 23.1 Å². The highest BCUT2D eigenvalue weighted by atomic mass is 35.5. The number of anilines is 3. The first-order chi connectivity index (χ1) is 16.0. The summed E-state index contributed by atoms with van der Waals surface area (Å²) in [7, 11) is 0. The minimum absolute atomic E-state index is 0.136. The molecule has 1 fully saturated rings. The Bertz CT molecular complexity index is 1330. The first-order valence-corrected chi connectivity index (χ1v) is 11.2. The number of fused-ring (bicyclic) bond motifs is 1. The number of carbonyl (C=O) groups is 1. The Morgan fingerprint density at radius 3 is 2.64 bits per heavy atom. The fourth-order valence-corrected chi connectivity index (χ4v) is 4.29. The maximum Gasteiger partial charge on any atom is 0.227 e. The van der Waals surface area contributed by atoms with Crippen LogP contribution in [0.4, 0.5) is 17.3 Å². The summed E-state index contributed by atoms with van der Waals surface area (Å²) < 4.78 is 1.95. The average Bonchev–Trinajstić information content (AvgIpc) is 3.25. The molecule has 1 aromatic carbocycles. The van der Waals surface area contributed by atoms with Crippen LogP contribution in [0.1, 0.15) is 12.5 Å². The molecule has 4 heterocycles. The number of aryl methyl sites for hydroxylation is 1. The minimum atomic E-state index is 0.136.